The van der Waals surface area contributed by atoms with Crippen LogP contribution in [0.25, 0.3) is 0 Å². The summed E-state index contributed by atoms with van der Waals surface area (Å²) < 4.78 is 34.5. The molecule has 6 nitrogen and oxygen atoms in total. The lowest BCUT2D eigenvalue weighted by Crippen LogP contribution is -2.52. The van der Waals surface area contributed by atoms with Gasteiger partial charge in [-0.25, -0.2) is 0 Å². The monoisotopic (exact) mass is 275 g/mol. The van der Waals surface area contributed by atoms with Crippen LogP contribution >= 0.6 is 0 Å². The van der Waals surface area contributed by atoms with Crippen LogP contribution in [0.2, 0.25) is 0 Å². The van der Waals surface area contributed by atoms with Crippen molar-refractivity contribution in [1.82, 2.24) is 14.3 Å². The fourth-order valence-electron chi connectivity index (χ4n) is 3.17. The number of ether oxygens (including phenoxy) is 1. The molecule has 2 aliphatic heterocycles. The largest absolute Gasteiger partial charge is 0.373 e. The van der Waals surface area contributed by atoms with Crippen LogP contribution in [0.15, 0.2) is 0 Å². The van der Waals surface area contributed by atoms with Gasteiger partial charge in [-0.15, -0.1) is 0 Å². The van der Waals surface area contributed by atoms with Gasteiger partial charge in [0.1, 0.15) is 0 Å². The van der Waals surface area contributed by atoms with Crippen molar-refractivity contribution in [3.05, 3.63) is 0 Å². The summed E-state index contributed by atoms with van der Waals surface area (Å²) in [6, 6.07) is 0.143. The lowest BCUT2D eigenvalue weighted by molar-refractivity contribution is -0.0444. The van der Waals surface area contributed by atoms with Gasteiger partial charge in [-0.2, -0.15) is 17.4 Å². The van der Waals surface area contributed by atoms with Gasteiger partial charge in [-0.3, -0.25) is 0 Å². The third-order valence-electron chi connectivity index (χ3n) is 4.10. The Kier molecular flexibility index (Phi) is 3.14. The van der Waals surface area contributed by atoms with Gasteiger partial charge >= 0.3 is 0 Å². The summed E-state index contributed by atoms with van der Waals surface area (Å²) in [5, 5.41) is 3.26. The highest BCUT2D eigenvalue weighted by Gasteiger charge is 2.55. The molecule has 0 aromatic heterocycles. The van der Waals surface area contributed by atoms with E-state index in [4.69, 9.17) is 4.74 Å². The van der Waals surface area contributed by atoms with Crippen LogP contribution in [0.4, 0.5) is 0 Å². The molecular weight excluding hydrogens is 254 g/mol. The zero-order valence-corrected chi connectivity index (χ0v) is 11.6. The lowest BCUT2D eigenvalue weighted by atomic mass is 10.3. The van der Waals surface area contributed by atoms with Crippen molar-refractivity contribution in [2.24, 2.45) is 11.8 Å². The molecule has 1 aliphatic carbocycles. The first-order valence-electron chi connectivity index (χ1n) is 6.61. The normalized spacial score (nSPS) is 44.9. The molecule has 104 valence electrons. The number of nitrogens with one attached hydrogen (secondary N) is 2. The van der Waals surface area contributed by atoms with Crippen LogP contribution in [0.1, 0.15) is 13.8 Å². The Labute approximate surface area is 108 Å². The molecular formula is C11H21N3O3S. The first-order chi connectivity index (χ1) is 8.47. The van der Waals surface area contributed by atoms with Crippen molar-refractivity contribution in [1.29, 1.82) is 0 Å². The second-order valence-corrected chi connectivity index (χ2v) is 7.41. The van der Waals surface area contributed by atoms with Crippen LogP contribution in [0, 0.1) is 11.8 Å². The van der Waals surface area contributed by atoms with Crippen LogP contribution < -0.4 is 10.0 Å². The van der Waals surface area contributed by atoms with Crippen molar-refractivity contribution >= 4 is 10.2 Å². The SMILES string of the molecule is CC1CN(S(=O)(=O)NC2C3CNCC32)CC(C)O1. The minimum absolute atomic E-state index is 0.0364. The standard InChI is InChI=1S/C11H21N3O3S/c1-7-5-14(6-8(2)17-7)18(15,16)13-11-9-3-12-4-10(9)11/h7-13H,3-6H2,1-2H3. The molecule has 3 fully saturated rings. The van der Waals surface area contributed by atoms with Gasteiger partial charge in [0.05, 0.1) is 12.2 Å². The number of piperidine rings is 1. The average Bonchev–Trinajstić information content (AvgIpc) is 2.73. The summed E-state index contributed by atoms with van der Waals surface area (Å²) in [7, 11) is -3.35. The molecule has 4 unspecified atom stereocenters. The molecule has 4 atom stereocenters. The van der Waals surface area contributed by atoms with Gasteiger partial charge in [-0.1, -0.05) is 0 Å². The van der Waals surface area contributed by atoms with Gasteiger partial charge in [0.15, 0.2) is 0 Å². The van der Waals surface area contributed by atoms with Crippen molar-refractivity contribution in [2.45, 2.75) is 32.1 Å². The zero-order valence-electron chi connectivity index (χ0n) is 10.8. The van der Waals surface area contributed by atoms with Crippen molar-refractivity contribution in [2.75, 3.05) is 26.2 Å². The lowest BCUT2D eigenvalue weighted by Gasteiger charge is -2.34. The maximum absolute atomic E-state index is 12.3. The molecule has 7 heteroatoms. The molecule has 2 heterocycles. The number of hydrogen-bond acceptors (Lipinski definition) is 4. The second-order valence-electron chi connectivity index (χ2n) is 5.71. The zero-order chi connectivity index (χ0) is 12.9. The molecule has 0 spiro atoms. The Balaban J connectivity index is 1.63. The number of morpholine rings is 1. The Bertz CT molecular complexity index is 407. The molecule has 3 aliphatic rings. The summed E-state index contributed by atoms with van der Waals surface area (Å²) >= 11 is 0. The molecule has 1 saturated carbocycles. The van der Waals surface area contributed by atoms with E-state index in [1.807, 2.05) is 13.8 Å². The number of fused-ring (bicyclic) bond motifs is 1. The van der Waals surface area contributed by atoms with E-state index in [0.717, 1.165) is 13.1 Å². The average molecular weight is 275 g/mol. The number of rotatable bonds is 3. The Morgan fingerprint density at radius 2 is 1.72 bits per heavy atom. The van der Waals surface area contributed by atoms with Gasteiger partial charge in [0.25, 0.3) is 10.2 Å². The highest BCUT2D eigenvalue weighted by Crippen LogP contribution is 2.42. The summed E-state index contributed by atoms with van der Waals surface area (Å²) in [5.41, 5.74) is 0. The summed E-state index contributed by atoms with van der Waals surface area (Å²) in [6.07, 6.45) is -0.0728. The third kappa shape index (κ3) is 2.30. The highest BCUT2D eigenvalue weighted by molar-refractivity contribution is 7.87. The van der Waals surface area contributed by atoms with Crippen molar-refractivity contribution in [3.8, 4) is 0 Å². The number of hydrogen-bond donors (Lipinski definition) is 2. The topological polar surface area (TPSA) is 70.7 Å². The van der Waals surface area contributed by atoms with Crippen LogP contribution in [0.5, 0.6) is 0 Å². The first kappa shape index (κ1) is 12.8. The van der Waals surface area contributed by atoms with Crippen LogP contribution in [-0.2, 0) is 14.9 Å². The van der Waals surface area contributed by atoms with Gasteiger partial charge < -0.3 is 10.1 Å². The van der Waals surface area contributed by atoms with Crippen molar-refractivity contribution < 1.29 is 13.2 Å². The molecule has 2 N–H and O–H groups in total. The minimum Gasteiger partial charge on any atom is -0.373 e. The second kappa shape index (κ2) is 4.42. The van der Waals surface area contributed by atoms with Crippen LogP contribution in [-0.4, -0.2) is 57.2 Å². The summed E-state index contributed by atoms with van der Waals surface area (Å²) in [6.45, 7) is 6.59. The molecule has 3 rings (SSSR count). The van der Waals surface area contributed by atoms with E-state index in [1.165, 1.54) is 4.31 Å². The Morgan fingerprint density at radius 3 is 2.28 bits per heavy atom. The van der Waals surface area contributed by atoms with E-state index in [1.54, 1.807) is 0 Å². The molecule has 18 heavy (non-hydrogen) atoms. The molecule has 0 amide bonds. The van der Waals surface area contributed by atoms with Gasteiger partial charge in [-0.05, 0) is 38.8 Å². The van der Waals surface area contributed by atoms with E-state index in [0.29, 0.717) is 24.9 Å². The fourth-order valence-corrected chi connectivity index (χ4v) is 4.82. The maximum Gasteiger partial charge on any atom is 0.279 e. The molecule has 2 saturated heterocycles. The van der Waals surface area contributed by atoms with E-state index in [2.05, 4.69) is 10.0 Å². The van der Waals surface area contributed by atoms with E-state index >= 15 is 0 Å². The molecule has 0 radical (unpaired) electrons. The van der Waals surface area contributed by atoms with Gasteiger partial charge in [0.2, 0.25) is 0 Å². The summed E-state index contributed by atoms with van der Waals surface area (Å²) in [4.78, 5) is 0. The minimum atomic E-state index is -3.35. The number of nitrogens with zero attached hydrogens (tertiary/aromatic N) is 1. The Morgan fingerprint density at radius 1 is 1.17 bits per heavy atom. The first-order valence-corrected chi connectivity index (χ1v) is 8.05. The smallest absolute Gasteiger partial charge is 0.279 e. The molecule has 0 aromatic rings. The van der Waals surface area contributed by atoms with Crippen LogP contribution in [0.3, 0.4) is 0 Å². The molecule has 0 bridgehead atoms. The predicted molar refractivity (Wildman–Crippen MR) is 67.3 cm³/mol. The predicted octanol–water partition coefficient (Wildman–Crippen LogP) is -0.852. The van der Waals surface area contributed by atoms with E-state index in [-0.39, 0.29) is 18.2 Å². The molecule has 0 aromatic carbocycles. The summed E-state index contributed by atoms with van der Waals surface area (Å²) in [5.74, 6) is 0.992. The fraction of sp³-hybridized carbons (Fsp3) is 1.00. The van der Waals surface area contributed by atoms with Crippen molar-refractivity contribution in [3.63, 3.8) is 0 Å². The Hall–Kier alpha value is -0.210. The third-order valence-corrected chi connectivity index (χ3v) is 5.65. The maximum atomic E-state index is 12.3. The van der Waals surface area contributed by atoms with E-state index < -0.39 is 10.2 Å². The van der Waals surface area contributed by atoms with Gasteiger partial charge in [0, 0.05) is 19.1 Å². The van der Waals surface area contributed by atoms with E-state index in [9.17, 15) is 8.42 Å². The quantitative estimate of drug-likeness (QED) is 0.704. The highest BCUT2D eigenvalue weighted by atomic mass is 32.2.